The molecule has 0 N–H and O–H groups in total. The van der Waals surface area contributed by atoms with E-state index in [-0.39, 0.29) is 0 Å². The zero-order valence-electron chi connectivity index (χ0n) is 28.9. The lowest BCUT2D eigenvalue weighted by Crippen LogP contribution is -2.09. The van der Waals surface area contributed by atoms with E-state index in [1.54, 1.807) is 0 Å². The molecule has 3 aromatic heterocycles. The highest BCUT2D eigenvalue weighted by Crippen LogP contribution is 2.46. The molecular weight excluding hydrogens is 649 g/mol. The minimum Gasteiger partial charge on any atom is -0.298 e. The molecule has 8 aromatic rings. The van der Waals surface area contributed by atoms with Crippen molar-refractivity contribution in [2.45, 2.75) is 38.5 Å². The van der Waals surface area contributed by atoms with Gasteiger partial charge < -0.3 is 0 Å². The van der Waals surface area contributed by atoms with Gasteiger partial charge in [-0.3, -0.25) is 4.57 Å². The predicted molar refractivity (Wildman–Crippen MR) is 221 cm³/mol. The Labute approximate surface area is 307 Å². The van der Waals surface area contributed by atoms with Crippen LogP contribution in [0.25, 0.3) is 75.6 Å². The van der Waals surface area contributed by atoms with Gasteiger partial charge >= 0.3 is 0 Å². The molecule has 0 atom stereocenters. The number of thiophene rings is 1. The molecule has 0 saturated carbocycles. The third-order valence-electron chi connectivity index (χ3n) is 11.6. The fraction of sp³-hybridized carbons (Fsp3) is 0.122. The van der Waals surface area contributed by atoms with E-state index in [0.717, 1.165) is 49.9 Å². The predicted octanol–water partition coefficient (Wildman–Crippen LogP) is 13.4. The molecule has 3 aliphatic rings. The molecule has 248 valence electrons. The van der Waals surface area contributed by atoms with Gasteiger partial charge in [0.2, 0.25) is 0 Å². The fourth-order valence-corrected chi connectivity index (χ4v) is 10.3. The van der Waals surface area contributed by atoms with Crippen LogP contribution in [0.3, 0.4) is 0 Å². The van der Waals surface area contributed by atoms with Crippen LogP contribution in [0.2, 0.25) is 0 Å². The van der Waals surface area contributed by atoms with Crippen molar-refractivity contribution in [1.29, 1.82) is 0 Å². The normalized spacial score (nSPS) is 15.5. The second-order valence-corrected chi connectivity index (χ2v) is 15.5. The van der Waals surface area contributed by atoms with Crippen molar-refractivity contribution in [3.8, 4) is 28.1 Å². The number of benzene rings is 5. The zero-order valence-corrected chi connectivity index (χ0v) is 29.7. The van der Waals surface area contributed by atoms with Crippen molar-refractivity contribution in [1.82, 2.24) is 9.55 Å². The van der Waals surface area contributed by atoms with Crippen LogP contribution in [0, 0.1) is 0 Å². The smallest absolute Gasteiger partial charge is 0.138 e. The molecule has 0 amide bonds. The van der Waals surface area contributed by atoms with Crippen LogP contribution in [0.4, 0.5) is 0 Å². The van der Waals surface area contributed by atoms with Crippen molar-refractivity contribution in [2.75, 3.05) is 0 Å². The molecule has 2 nitrogen and oxygen atoms in total. The Balaban J connectivity index is 1.13. The maximum absolute atomic E-state index is 5.43. The van der Waals surface area contributed by atoms with Crippen LogP contribution in [0.5, 0.6) is 0 Å². The lowest BCUT2D eigenvalue weighted by atomic mass is 9.86. The summed E-state index contributed by atoms with van der Waals surface area (Å²) >= 11 is 1.90. The molecule has 0 saturated heterocycles. The minimum atomic E-state index is 0.977. The molecule has 52 heavy (non-hydrogen) atoms. The standard InChI is InChI=1S/C49H36N2S/c1-2-11-31(12-3-1)32-21-23-34(24-22-32)41-30-47(50-43-19-8-6-15-38(41)43)51-44-27-26-35(29-42(44)48-36-14-5-4-13-33(36)25-28-45(48)51)37-17-10-18-40-39-16-7-9-20-46(39)52-49(37)40/h1-2,4-11,13-21,23,26-27,29-30H,3,12,22,24-25,28H2. The summed E-state index contributed by atoms with van der Waals surface area (Å²) in [6, 6.07) is 42.8. The second-order valence-electron chi connectivity index (χ2n) is 14.4. The third-order valence-corrected chi connectivity index (χ3v) is 12.8. The monoisotopic (exact) mass is 684 g/mol. The van der Waals surface area contributed by atoms with Gasteiger partial charge in [-0.25, -0.2) is 4.98 Å². The van der Waals surface area contributed by atoms with Crippen LogP contribution < -0.4 is 0 Å². The van der Waals surface area contributed by atoms with E-state index < -0.39 is 0 Å². The van der Waals surface area contributed by atoms with Crippen LogP contribution >= 0.6 is 11.3 Å². The molecule has 0 radical (unpaired) electrons. The largest absolute Gasteiger partial charge is 0.298 e. The summed E-state index contributed by atoms with van der Waals surface area (Å²) < 4.78 is 5.18. The molecule has 3 aliphatic carbocycles. The van der Waals surface area contributed by atoms with Crippen molar-refractivity contribution in [2.24, 2.45) is 0 Å². The first kappa shape index (κ1) is 29.9. The minimum absolute atomic E-state index is 0.977. The molecule has 11 rings (SSSR count). The number of para-hydroxylation sites is 1. The molecular formula is C49H36N2S. The van der Waals surface area contributed by atoms with Gasteiger partial charge in [-0.2, -0.15) is 0 Å². The average molecular weight is 685 g/mol. The first-order valence-electron chi connectivity index (χ1n) is 18.6. The van der Waals surface area contributed by atoms with Gasteiger partial charge in [-0.05, 0) is 113 Å². The van der Waals surface area contributed by atoms with Crippen molar-refractivity contribution in [3.05, 3.63) is 174 Å². The van der Waals surface area contributed by atoms with Gasteiger partial charge in [-0.15, -0.1) is 11.3 Å². The van der Waals surface area contributed by atoms with E-state index in [1.165, 1.54) is 92.3 Å². The Morgan fingerprint density at radius 1 is 0.558 bits per heavy atom. The van der Waals surface area contributed by atoms with Crippen LogP contribution in [-0.2, 0) is 12.8 Å². The Kier molecular flexibility index (Phi) is 6.85. The SMILES string of the molecule is C1=CCCC(C2=CC=C(c3cc(-n4c5c(c6cc(-c7cccc8c7sc7ccccc78)ccc64)-c4ccccc4CC5)nc4ccccc34)CC2)=C1. The molecule has 0 fully saturated rings. The van der Waals surface area contributed by atoms with Gasteiger partial charge in [0, 0.05) is 42.2 Å². The Morgan fingerprint density at radius 3 is 2.25 bits per heavy atom. The van der Waals surface area contributed by atoms with E-state index in [4.69, 9.17) is 4.98 Å². The number of fused-ring (bicyclic) bond motifs is 9. The summed E-state index contributed by atoms with van der Waals surface area (Å²) in [5, 5.41) is 5.20. The van der Waals surface area contributed by atoms with E-state index in [0.29, 0.717) is 0 Å². The fourth-order valence-electron chi connectivity index (χ4n) is 9.06. The lowest BCUT2D eigenvalue weighted by molar-refractivity contribution is 0.854. The van der Waals surface area contributed by atoms with E-state index in [1.807, 2.05) is 11.3 Å². The molecule has 0 bridgehead atoms. The lowest BCUT2D eigenvalue weighted by Gasteiger charge is -2.21. The first-order valence-corrected chi connectivity index (χ1v) is 19.4. The molecule has 3 heterocycles. The second kappa shape index (κ2) is 11.9. The molecule has 5 aromatic carbocycles. The topological polar surface area (TPSA) is 17.8 Å². The van der Waals surface area contributed by atoms with Crippen LogP contribution in [0.15, 0.2) is 157 Å². The third kappa shape index (κ3) is 4.66. The number of allylic oxidation sites excluding steroid dienone is 8. The van der Waals surface area contributed by atoms with Crippen LogP contribution in [0.1, 0.15) is 42.5 Å². The first-order chi connectivity index (χ1) is 25.8. The van der Waals surface area contributed by atoms with Gasteiger partial charge in [0.1, 0.15) is 5.82 Å². The number of nitrogens with zero attached hydrogens (tertiary/aromatic N) is 2. The highest BCUT2D eigenvalue weighted by Gasteiger charge is 2.27. The molecule has 0 aliphatic heterocycles. The van der Waals surface area contributed by atoms with Crippen molar-refractivity contribution in [3.63, 3.8) is 0 Å². The van der Waals surface area contributed by atoms with Gasteiger partial charge in [0.15, 0.2) is 0 Å². The molecule has 0 spiro atoms. The number of aryl methyl sites for hydroxylation is 1. The van der Waals surface area contributed by atoms with Crippen LogP contribution in [-0.4, -0.2) is 9.55 Å². The van der Waals surface area contributed by atoms with Crippen molar-refractivity contribution >= 4 is 58.9 Å². The maximum atomic E-state index is 5.43. The zero-order chi connectivity index (χ0) is 34.2. The summed E-state index contributed by atoms with van der Waals surface area (Å²) in [7, 11) is 0. The van der Waals surface area contributed by atoms with E-state index in [9.17, 15) is 0 Å². The summed E-state index contributed by atoms with van der Waals surface area (Å²) in [6.07, 6.45) is 17.9. The Morgan fingerprint density at radius 2 is 1.35 bits per heavy atom. The number of rotatable bonds is 4. The highest BCUT2D eigenvalue weighted by molar-refractivity contribution is 7.26. The Hall–Kier alpha value is -5.77. The van der Waals surface area contributed by atoms with Crippen molar-refractivity contribution < 1.29 is 0 Å². The number of aromatic nitrogens is 2. The molecule has 0 unspecified atom stereocenters. The number of pyridine rings is 1. The summed E-state index contributed by atoms with van der Waals surface area (Å²) in [4.78, 5) is 5.43. The Bertz CT molecular complexity index is 2910. The maximum Gasteiger partial charge on any atom is 0.138 e. The average Bonchev–Trinajstić information content (AvgIpc) is 3.77. The molecule has 3 heteroatoms. The summed E-state index contributed by atoms with van der Waals surface area (Å²) in [5.41, 5.74) is 16.0. The van der Waals surface area contributed by atoms with Gasteiger partial charge in [0.25, 0.3) is 0 Å². The number of hydrogen-bond acceptors (Lipinski definition) is 2. The number of hydrogen-bond donors (Lipinski definition) is 0. The highest BCUT2D eigenvalue weighted by atomic mass is 32.1. The van der Waals surface area contributed by atoms with Gasteiger partial charge in [-0.1, -0.05) is 115 Å². The summed E-state index contributed by atoms with van der Waals surface area (Å²) in [5.74, 6) is 1.01. The van der Waals surface area contributed by atoms with Gasteiger partial charge in [0.05, 0.1) is 11.0 Å². The van der Waals surface area contributed by atoms with E-state index in [2.05, 4.69) is 150 Å². The quantitative estimate of drug-likeness (QED) is 0.180. The van der Waals surface area contributed by atoms with E-state index >= 15 is 0 Å². The summed E-state index contributed by atoms with van der Waals surface area (Å²) in [6.45, 7) is 0.